The lowest BCUT2D eigenvalue weighted by Crippen LogP contribution is -2.39. The van der Waals surface area contributed by atoms with Crippen LogP contribution in [0.25, 0.3) is 0 Å². The second-order valence-electron chi connectivity index (χ2n) is 6.19. The Labute approximate surface area is 130 Å². The van der Waals surface area contributed by atoms with E-state index in [9.17, 15) is 4.79 Å². The fourth-order valence-electron chi connectivity index (χ4n) is 3.65. The Hall–Kier alpha value is -1.16. The molecule has 4 heteroatoms. The zero-order chi connectivity index (χ0) is 14.7. The lowest BCUT2D eigenvalue weighted by molar-refractivity contribution is -0.119. The third-order valence-electron chi connectivity index (χ3n) is 4.75. The molecule has 2 aliphatic carbocycles. The highest BCUT2D eigenvalue weighted by atomic mass is 32.2. The SMILES string of the molecule is COc1ccc(CSCC(=O)N[C@H]2C[C@H]3CC[C@H]2C3)cc1. The minimum atomic E-state index is 0.200. The maximum atomic E-state index is 12.0. The Morgan fingerprint density at radius 1 is 1.29 bits per heavy atom. The first-order chi connectivity index (χ1) is 10.2. The number of thioether (sulfide) groups is 1. The number of benzene rings is 1. The molecular formula is C17H23NO2S. The summed E-state index contributed by atoms with van der Waals surface area (Å²) in [7, 11) is 1.67. The molecule has 2 bridgehead atoms. The van der Waals surface area contributed by atoms with Gasteiger partial charge < -0.3 is 10.1 Å². The van der Waals surface area contributed by atoms with Crippen molar-refractivity contribution in [2.24, 2.45) is 11.8 Å². The monoisotopic (exact) mass is 305 g/mol. The van der Waals surface area contributed by atoms with Crippen LogP contribution in [0.2, 0.25) is 0 Å². The highest BCUT2D eigenvalue weighted by Gasteiger charge is 2.39. The van der Waals surface area contributed by atoms with Crippen LogP contribution in [0.5, 0.6) is 5.75 Å². The molecule has 21 heavy (non-hydrogen) atoms. The molecule has 2 aliphatic rings. The molecule has 0 aliphatic heterocycles. The lowest BCUT2D eigenvalue weighted by Gasteiger charge is -2.22. The normalized spacial score (nSPS) is 26.8. The summed E-state index contributed by atoms with van der Waals surface area (Å²) in [6.07, 6.45) is 5.24. The highest BCUT2D eigenvalue weighted by molar-refractivity contribution is 7.99. The average Bonchev–Trinajstić information content (AvgIpc) is 3.10. The van der Waals surface area contributed by atoms with Gasteiger partial charge in [0.2, 0.25) is 5.91 Å². The molecule has 0 aromatic heterocycles. The van der Waals surface area contributed by atoms with Crippen molar-refractivity contribution in [3.8, 4) is 5.75 Å². The Morgan fingerprint density at radius 3 is 2.71 bits per heavy atom. The van der Waals surface area contributed by atoms with Crippen molar-refractivity contribution in [3.63, 3.8) is 0 Å². The highest BCUT2D eigenvalue weighted by Crippen LogP contribution is 2.44. The van der Waals surface area contributed by atoms with Gasteiger partial charge in [0.1, 0.15) is 5.75 Å². The molecule has 0 heterocycles. The van der Waals surface area contributed by atoms with Gasteiger partial charge in [0.15, 0.2) is 0 Å². The first-order valence-corrected chi connectivity index (χ1v) is 8.90. The third-order valence-corrected chi connectivity index (χ3v) is 5.75. The molecule has 3 rings (SSSR count). The standard InChI is InChI=1S/C17H23NO2S/c1-20-15-6-3-12(4-7-15)10-21-11-17(19)18-16-9-13-2-5-14(16)8-13/h3-4,6-7,13-14,16H,2,5,8-11H2,1H3,(H,18,19)/t13-,14-,16-/m0/s1. The van der Waals surface area contributed by atoms with E-state index in [0.717, 1.165) is 23.3 Å². The summed E-state index contributed by atoms with van der Waals surface area (Å²) in [6, 6.07) is 8.49. The molecule has 1 N–H and O–H groups in total. The summed E-state index contributed by atoms with van der Waals surface area (Å²) in [5.41, 5.74) is 1.23. The molecule has 2 fully saturated rings. The van der Waals surface area contributed by atoms with Crippen LogP contribution in [-0.2, 0) is 10.5 Å². The molecular weight excluding hydrogens is 282 g/mol. The van der Waals surface area contributed by atoms with Gasteiger partial charge >= 0.3 is 0 Å². The van der Waals surface area contributed by atoms with E-state index >= 15 is 0 Å². The number of rotatable bonds is 6. The van der Waals surface area contributed by atoms with E-state index in [1.54, 1.807) is 18.9 Å². The lowest BCUT2D eigenvalue weighted by atomic mass is 9.95. The van der Waals surface area contributed by atoms with Crippen molar-refractivity contribution in [1.82, 2.24) is 5.32 Å². The third kappa shape index (κ3) is 3.73. The smallest absolute Gasteiger partial charge is 0.230 e. The quantitative estimate of drug-likeness (QED) is 0.877. The van der Waals surface area contributed by atoms with E-state index in [2.05, 4.69) is 17.4 Å². The Kier molecular flexibility index (Phi) is 4.73. The molecule has 3 atom stereocenters. The van der Waals surface area contributed by atoms with Crippen molar-refractivity contribution >= 4 is 17.7 Å². The summed E-state index contributed by atoms with van der Waals surface area (Å²) in [4.78, 5) is 12.0. The Balaban J connectivity index is 1.37. The van der Waals surface area contributed by atoms with Crippen molar-refractivity contribution in [1.29, 1.82) is 0 Å². The van der Waals surface area contributed by atoms with Crippen LogP contribution >= 0.6 is 11.8 Å². The molecule has 0 radical (unpaired) electrons. The minimum Gasteiger partial charge on any atom is -0.497 e. The number of amides is 1. The first-order valence-electron chi connectivity index (χ1n) is 7.74. The van der Waals surface area contributed by atoms with E-state index in [4.69, 9.17) is 4.74 Å². The summed E-state index contributed by atoms with van der Waals surface area (Å²) in [6.45, 7) is 0. The van der Waals surface area contributed by atoms with Gasteiger partial charge in [0.05, 0.1) is 12.9 Å². The number of carbonyl (C=O) groups is 1. The Bertz CT molecular complexity index is 488. The molecule has 1 aromatic carbocycles. The molecule has 0 unspecified atom stereocenters. The average molecular weight is 305 g/mol. The van der Waals surface area contributed by atoms with Crippen molar-refractivity contribution in [2.75, 3.05) is 12.9 Å². The second-order valence-corrected chi connectivity index (χ2v) is 7.18. The Morgan fingerprint density at radius 2 is 2.10 bits per heavy atom. The maximum Gasteiger partial charge on any atom is 0.230 e. The second kappa shape index (κ2) is 6.73. The van der Waals surface area contributed by atoms with Gasteiger partial charge in [-0.2, -0.15) is 0 Å². The molecule has 3 nitrogen and oxygen atoms in total. The molecule has 2 saturated carbocycles. The van der Waals surface area contributed by atoms with Gasteiger partial charge in [-0.3, -0.25) is 4.79 Å². The van der Waals surface area contributed by atoms with Crippen LogP contribution in [0.15, 0.2) is 24.3 Å². The predicted molar refractivity (Wildman–Crippen MR) is 86.5 cm³/mol. The van der Waals surface area contributed by atoms with Crippen molar-refractivity contribution in [3.05, 3.63) is 29.8 Å². The topological polar surface area (TPSA) is 38.3 Å². The summed E-state index contributed by atoms with van der Waals surface area (Å²) in [5.74, 6) is 4.13. The van der Waals surface area contributed by atoms with E-state index in [1.807, 2.05) is 12.1 Å². The minimum absolute atomic E-state index is 0.200. The summed E-state index contributed by atoms with van der Waals surface area (Å²) >= 11 is 1.68. The molecule has 0 spiro atoms. The van der Waals surface area contributed by atoms with Crippen LogP contribution in [-0.4, -0.2) is 24.8 Å². The molecule has 0 saturated heterocycles. The number of hydrogen-bond acceptors (Lipinski definition) is 3. The van der Waals surface area contributed by atoms with Crippen molar-refractivity contribution < 1.29 is 9.53 Å². The molecule has 114 valence electrons. The molecule has 1 amide bonds. The number of ether oxygens (including phenoxy) is 1. The number of fused-ring (bicyclic) bond motifs is 2. The largest absolute Gasteiger partial charge is 0.497 e. The number of methoxy groups -OCH3 is 1. The van der Waals surface area contributed by atoms with Gasteiger partial charge in [-0.1, -0.05) is 18.6 Å². The summed E-state index contributed by atoms with van der Waals surface area (Å²) < 4.78 is 5.14. The van der Waals surface area contributed by atoms with E-state index in [-0.39, 0.29) is 5.91 Å². The summed E-state index contributed by atoms with van der Waals surface area (Å²) in [5, 5.41) is 3.24. The van der Waals surface area contributed by atoms with Crippen LogP contribution in [0, 0.1) is 11.8 Å². The van der Waals surface area contributed by atoms with E-state index in [1.165, 1.54) is 31.2 Å². The zero-order valence-electron chi connectivity index (χ0n) is 12.5. The van der Waals surface area contributed by atoms with E-state index in [0.29, 0.717) is 11.8 Å². The van der Waals surface area contributed by atoms with Gasteiger partial charge in [-0.05, 0) is 48.8 Å². The van der Waals surface area contributed by atoms with E-state index < -0.39 is 0 Å². The fourth-order valence-corrected chi connectivity index (χ4v) is 4.45. The number of nitrogens with one attached hydrogen (secondary N) is 1. The van der Waals surface area contributed by atoms with Gasteiger partial charge in [0, 0.05) is 11.8 Å². The zero-order valence-corrected chi connectivity index (χ0v) is 13.3. The predicted octanol–water partition coefficient (Wildman–Crippen LogP) is 3.23. The number of carbonyl (C=O) groups excluding carboxylic acids is 1. The maximum absolute atomic E-state index is 12.0. The number of hydrogen-bond donors (Lipinski definition) is 1. The van der Waals surface area contributed by atoms with Crippen molar-refractivity contribution in [2.45, 2.75) is 37.5 Å². The van der Waals surface area contributed by atoms with Gasteiger partial charge in [0.25, 0.3) is 0 Å². The van der Waals surface area contributed by atoms with Gasteiger partial charge in [-0.25, -0.2) is 0 Å². The van der Waals surface area contributed by atoms with Crippen LogP contribution in [0.3, 0.4) is 0 Å². The van der Waals surface area contributed by atoms with Gasteiger partial charge in [-0.15, -0.1) is 11.8 Å². The molecule has 1 aromatic rings. The first kappa shape index (κ1) is 14.8. The fraction of sp³-hybridized carbons (Fsp3) is 0.588. The van der Waals surface area contributed by atoms with Crippen LogP contribution in [0.4, 0.5) is 0 Å². The van der Waals surface area contributed by atoms with Crippen LogP contribution < -0.4 is 10.1 Å². The van der Waals surface area contributed by atoms with Crippen LogP contribution in [0.1, 0.15) is 31.2 Å².